The van der Waals surface area contributed by atoms with Crippen molar-refractivity contribution in [1.29, 1.82) is 0 Å². The average Bonchev–Trinajstić information content (AvgIpc) is 2.51. The molecule has 2 aliphatic rings. The molecule has 2 heterocycles. The molecule has 3 rings (SSSR count). The first-order valence-corrected chi connectivity index (χ1v) is 8.32. The van der Waals surface area contributed by atoms with Crippen LogP contribution in [0.25, 0.3) is 0 Å². The molecule has 0 spiro atoms. The molecule has 21 heavy (non-hydrogen) atoms. The first-order valence-electron chi connectivity index (χ1n) is 7.07. The Balaban J connectivity index is 1.56. The smallest absolute Gasteiger partial charge is 0.183 e. The fraction of sp³-hybridized carbons (Fsp3) is 0.600. The molecule has 2 aliphatic heterocycles. The predicted molar refractivity (Wildman–Crippen MR) is 81.3 cm³/mol. The second kappa shape index (κ2) is 6.85. The Morgan fingerprint density at radius 2 is 1.71 bits per heavy atom. The molecule has 1 aromatic carbocycles. The molecule has 3 nitrogen and oxygen atoms in total. The van der Waals surface area contributed by atoms with Gasteiger partial charge >= 0.3 is 0 Å². The molecule has 2 saturated heterocycles. The molecule has 0 amide bonds. The monoisotopic (exact) mass is 410 g/mol. The number of benzene rings is 1. The van der Waals surface area contributed by atoms with Gasteiger partial charge in [-0.3, -0.25) is 0 Å². The van der Waals surface area contributed by atoms with Gasteiger partial charge in [-0.2, -0.15) is 0 Å². The number of alkyl halides is 1. The van der Waals surface area contributed by atoms with Gasteiger partial charge in [0.05, 0.1) is 25.9 Å². The number of halogens is 3. The molecule has 2 fully saturated rings. The van der Waals surface area contributed by atoms with Crippen LogP contribution in [-0.4, -0.2) is 29.8 Å². The molecule has 0 N–H and O–H groups in total. The van der Waals surface area contributed by atoms with Crippen molar-refractivity contribution in [3.63, 3.8) is 0 Å². The number of rotatable bonds is 2. The molecule has 0 radical (unpaired) electrons. The van der Waals surface area contributed by atoms with Gasteiger partial charge in [0.25, 0.3) is 0 Å². The Labute approximate surface area is 136 Å². The van der Waals surface area contributed by atoms with Crippen molar-refractivity contribution in [2.24, 2.45) is 5.92 Å². The number of ether oxygens (including phenoxy) is 3. The fourth-order valence-electron chi connectivity index (χ4n) is 2.70. The standard InChI is InChI=1S/C15H17F2IO3/c16-12-3-1-9(5-13(12)17)15-20-6-10(7-21-15)14-4-2-11(18)8-19-14/h1,3,5,10-11,14-15H,2,4,6-8H2. The SMILES string of the molecule is Fc1ccc(C2OCC(C3CCC(I)CO3)CO2)cc1F. The van der Waals surface area contributed by atoms with Crippen LogP contribution in [0.3, 0.4) is 0 Å². The van der Waals surface area contributed by atoms with Crippen molar-refractivity contribution in [1.82, 2.24) is 0 Å². The summed E-state index contributed by atoms with van der Waals surface area (Å²) in [6, 6.07) is 3.70. The zero-order valence-electron chi connectivity index (χ0n) is 11.4. The van der Waals surface area contributed by atoms with E-state index < -0.39 is 17.9 Å². The maximum atomic E-state index is 13.2. The summed E-state index contributed by atoms with van der Waals surface area (Å²) >= 11 is 2.40. The molecule has 0 bridgehead atoms. The van der Waals surface area contributed by atoms with Gasteiger partial charge in [-0.15, -0.1) is 0 Å². The third-order valence-corrected chi connectivity index (χ3v) is 4.90. The Morgan fingerprint density at radius 1 is 0.952 bits per heavy atom. The maximum Gasteiger partial charge on any atom is 0.183 e. The van der Waals surface area contributed by atoms with E-state index in [4.69, 9.17) is 14.2 Å². The third kappa shape index (κ3) is 3.72. The summed E-state index contributed by atoms with van der Waals surface area (Å²) in [5.41, 5.74) is 0.504. The summed E-state index contributed by atoms with van der Waals surface area (Å²) in [6.45, 7) is 1.80. The minimum Gasteiger partial charge on any atom is -0.377 e. The summed E-state index contributed by atoms with van der Waals surface area (Å²) < 4.78 is 43.9. The molecule has 0 aliphatic carbocycles. The third-order valence-electron chi connectivity index (χ3n) is 3.92. The molecule has 6 heteroatoms. The van der Waals surface area contributed by atoms with E-state index in [1.54, 1.807) is 0 Å². The summed E-state index contributed by atoms with van der Waals surface area (Å²) in [4.78, 5) is 0. The Hall–Kier alpha value is -0.310. The van der Waals surface area contributed by atoms with E-state index in [9.17, 15) is 8.78 Å². The van der Waals surface area contributed by atoms with Crippen LogP contribution in [0.2, 0.25) is 0 Å². The molecular weight excluding hydrogens is 393 g/mol. The molecule has 2 unspecified atom stereocenters. The summed E-state index contributed by atoms with van der Waals surface area (Å²) in [6.07, 6.45) is 1.70. The van der Waals surface area contributed by atoms with Crippen molar-refractivity contribution in [3.8, 4) is 0 Å². The van der Waals surface area contributed by atoms with Crippen LogP contribution in [0.1, 0.15) is 24.7 Å². The lowest BCUT2D eigenvalue weighted by atomic mass is 9.96. The second-order valence-electron chi connectivity index (χ2n) is 5.48. The quantitative estimate of drug-likeness (QED) is 0.551. The lowest BCUT2D eigenvalue weighted by Gasteiger charge is -2.36. The lowest BCUT2D eigenvalue weighted by Crippen LogP contribution is -2.40. The van der Waals surface area contributed by atoms with E-state index in [2.05, 4.69) is 22.6 Å². The normalized spacial score (nSPS) is 33.9. The van der Waals surface area contributed by atoms with Gasteiger partial charge in [0.2, 0.25) is 0 Å². The van der Waals surface area contributed by atoms with Crippen molar-refractivity contribution < 1.29 is 23.0 Å². The lowest BCUT2D eigenvalue weighted by molar-refractivity contribution is -0.225. The van der Waals surface area contributed by atoms with Gasteiger partial charge in [0.1, 0.15) is 0 Å². The molecular formula is C15H17F2IO3. The van der Waals surface area contributed by atoms with Crippen molar-refractivity contribution in [2.75, 3.05) is 19.8 Å². The summed E-state index contributed by atoms with van der Waals surface area (Å²) in [5.74, 6) is -1.54. The Kier molecular flexibility index (Phi) is 5.08. The molecule has 116 valence electrons. The Bertz CT molecular complexity index is 484. The highest BCUT2D eigenvalue weighted by Gasteiger charge is 2.32. The summed E-state index contributed by atoms with van der Waals surface area (Å²) in [5, 5.41) is 0. The fourth-order valence-corrected chi connectivity index (χ4v) is 3.26. The Morgan fingerprint density at radius 3 is 2.33 bits per heavy atom. The predicted octanol–water partition coefficient (Wildman–Crippen LogP) is 3.61. The maximum absolute atomic E-state index is 13.2. The van der Waals surface area contributed by atoms with Crippen molar-refractivity contribution in [3.05, 3.63) is 35.4 Å². The molecule has 0 aromatic heterocycles. The van der Waals surface area contributed by atoms with Gasteiger partial charge in [-0.05, 0) is 25.0 Å². The van der Waals surface area contributed by atoms with Crippen LogP contribution in [0.15, 0.2) is 18.2 Å². The van der Waals surface area contributed by atoms with E-state index in [0.717, 1.165) is 31.6 Å². The molecule has 2 atom stereocenters. The van der Waals surface area contributed by atoms with Gasteiger partial charge in [-0.25, -0.2) is 8.78 Å². The minimum atomic E-state index is -0.884. The van der Waals surface area contributed by atoms with Crippen molar-refractivity contribution >= 4 is 22.6 Å². The van der Waals surface area contributed by atoms with E-state index in [-0.39, 0.29) is 12.0 Å². The van der Waals surface area contributed by atoms with Crippen molar-refractivity contribution in [2.45, 2.75) is 29.2 Å². The topological polar surface area (TPSA) is 27.7 Å². The first kappa shape index (κ1) is 15.6. The minimum absolute atomic E-state index is 0.168. The van der Waals surface area contributed by atoms with Crippen LogP contribution in [0.5, 0.6) is 0 Å². The van der Waals surface area contributed by atoms with E-state index in [1.165, 1.54) is 6.07 Å². The van der Waals surface area contributed by atoms with E-state index in [1.807, 2.05) is 0 Å². The zero-order valence-corrected chi connectivity index (χ0v) is 13.6. The second-order valence-corrected chi connectivity index (χ2v) is 7.24. The van der Waals surface area contributed by atoms with Crippen LogP contribution in [-0.2, 0) is 14.2 Å². The van der Waals surface area contributed by atoms with Gasteiger partial charge in [0.15, 0.2) is 17.9 Å². The number of hydrogen-bond acceptors (Lipinski definition) is 3. The van der Waals surface area contributed by atoms with Gasteiger partial charge < -0.3 is 14.2 Å². The zero-order chi connectivity index (χ0) is 14.8. The van der Waals surface area contributed by atoms with Crippen LogP contribution in [0.4, 0.5) is 8.78 Å². The van der Waals surface area contributed by atoms with Crippen LogP contribution >= 0.6 is 22.6 Å². The van der Waals surface area contributed by atoms with Gasteiger partial charge in [-0.1, -0.05) is 28.7 Å². The molecule has 0 saturated carbocycles. The summed E-state index contributed by atoms with van der Waals surface area (Å²) in [7, 11) is 0. The van der Waals surface area contributed by atoms with E-state index >= 15 is 0 Å². The highest BCUT2D eigenvalue weighted by Crippen LogP contribution is 2.31. The largest absolute Gasteiger partial charge is 0.377 e. The van der Waals surface area contributed by atoms with Crippen LogP contribution < -0.4 is 0 Å². The highest BCUT2D eigenvalue weighted by molar-refractivity contribution is 14.1. The van der Waals surface area contributed by atoms with Gasteiger partial charge in [0, 0.05) is 15.4 Å². The molecule has 1 aromatic rings. The first-order chi connectivity index (χ1) is 10.1. The average molecular weight is 410 g/mol. The highest BCUT2D eigenvalue weighted by atomic mass is 127. The number of hydrogen-bond donors (Lipinski definition) is 0. The van der Waals surface area contributed by atoms with E-state index in [0.29, 0.717) is 22.7 Å². The van der Waals surface area contributed by atoms with Crippen LogP contribution in [0, 0.1) is 17.6 Å².